The third kappa shape index (κ3) is 6.48. The number of aliphatic hydroxyl groups excluding tert-OH is 1. The van der Waals surface area contributed by atoms with Gasteiger partial charge in [-0.05, 0) is 58.9 Å². The standard InChI is InChI=1S/C26H33ClF3N3O6S/c1-23(2,3)40(36)33-25(5)14-39-20-16(25)12-19(32-21(20)27)24(4,26(28,29)30)13-31-22(35)15-7-8-17(38-10-9-34)18(11-15)37-6/h7-8,11-12,33-34H,9-10,13-14H2,1-6H3,(H,31,35). The third-order valence-corrected chi connectivity index (χ3v) is 8.48. The first-order chi connectivity index (χ1) is 18.5. The van der Waals surface area contributed by atoms with Crippen LogP contribution < -0.4 is 24.2 Å². The smallest absolute Gasteiger partial charge is 0.401 e. The lowest BCUT2D eigenvalue weighted by molar-refractivity contribution is -0.184. The molecule has 222 valence electrons. The second-order valence-electron chi connectivity index (χ2n) is 10.7. The summed E-state index contributed by atoms with van der Waals surface area (Å²) in [5, 5.41) is 11.0. The van der Waals surface area contributed by atoms with Gasteiger partial charge in [-0.25, -0.2) is 13.9 Å². The predicted molar refractivity (Wildman–Crippen MR) is 144 cm³/mol. The number of hydrogen-bond acceptors (Lipinski definition) is 7. The van der Waals surface area contributed by atoms with E-state index in [4.69, 9.17) is 30.9 Å². The van der Waals surface area contributed by atoms with Gasteiger partial charge in [0.25, 0.3) is 5.91 Å². The molecule has 1 aromatic heterocycles. The van der Waals surface area contributed by atoms with E-state index in [0.29, 0.717) is 0 Å². The van der Waals surface area contributed by atoms with Gasteiger partial charge in [-0.2, -0.15) is 13.2 Å². The molecule has 0 spiro atoms. The number of fused-ring (bicyclic) bond motifs is 1. The van der Waals surface area contributed by atoms with E-state index in [1.54, 1.807) is 27.7 Å². The van der Waals surface area contributed by atoms with Gasteiger partial charge in [0.1, 0.15) is 18.6 Å². The van der Waals surface area contributed by atoms with Crippen molar-refractivity contribution >= 4 is 28.5 Å². The molecule has 0 saturated carbocycles. The number of rotatable bonds is 10. The number of aliphatic hydroxyl groups is 1. The maximum atomic E-state index is 14.6. The molecule has 1 aliphatic heterocycles. The zero-order valence-corrected chi connectivity index (χ0v) is 24.6. The van der Waals surface area contributed by atoms with Gasteiger partial charge < -0.3 is 24.6 Å². The number of pyridine rings is 1. The van der Waals surface area contributed by atoms with E-state index in [0.717, 1.165) is 6.92 Å². The van der Waals surface area contributed by atoms with Crippen LogP contribution in [0.25, 0.3) is 0 Å². The summed E-state index contributed by atoms with van der Waals surface area (Å²) in [6.07, 6.45) is -4.85. The number of carbonyl (C=O) groups excluding carboxylic acids is 1. The number of carbonyl (C=O) groups is 1. The van der Waals surface area contributed by atoms with Crippen LogP contribution in [0.15, 0.2) is 24.3 Å². The summed E-state index contributed by atoms with van der Waals surface area (Å²) < 4.78 is 75.1. The largest absolute Gasteiger partial charge is 0.493 e. The van der Waals surface area contributed by atoms with Gasteiger partial charge in [0.15, 0.2) is 22.4 Å². The molecule has 2 aromatic rings. The monoisotopic (exact) mass is 607 g/mol. The fourth-order valence-corrected chi connectivity index (χ4v) is 4.98. The molecule has 0 fully saturated rings. The number of ether oxygens (including phenoxy) is 3. The van der Waals surface area contributed by atoms with E-state index < -0.39 is 51.0 Å². The second-order valence-corrected chi connectivity index (χ2v) is 13.1. The van der Waals surface area contributed by atoms with Crippen LogP contribution in [0.3, 0.4) is 0 Å². The van der Waals surface area contributed by atoms with Crippen molar-refractivity contribution in [1.82, 2.24) is 15.0 Å². The molecule has 14 heteroatoms. The van der Waals surface area contributed by atoms with Crippen LogP contribution in [0.2, 0.25) is 5.15 Å². The summed E-state index contributed by atoms with van der Waals surface area (Å²) >= 11 is 6.29. The van der Waals surface area contributed by atoms with Gasteiger partial charge >= 0.3 is 6.18 Å². The molecular weight excluding hydrogens is 575 g/mol. The number of nitrogens with zero attached hydrogens (tertiary/aromatic N) is 1. The molecule has 40 heavy (non-hydrogen) atoms. The van der Waals surface area contributed by atoms with Gasteiger partial charge in [0.05, 0.1) is 40.7 Å². The molecule has 3 unspecified atom stereocenters. The highest BCUT2D eigenvalue weighted by atomic mass is 35.5. The molecule has 0 radical (unpaired) electrons. The predicted octanol–water partition coefficient (Wildman–Crippen LogP) is 4.02. The van der Waals surface area contributed by atoms with Crippen molar-refractivity contribution in [2.24, 2.45) is 0 Å². The Morgan fingerprint density at radius 1 is 1.23 bits per heavy atom. The molecule has 3 atom stereocenters. The molecule has 9 nitrogen and oxygen atoms in total. The van der Waals surface area contributed by atoms with Gasteiger partial charge in [-0.1, -0.05) is 11.6 Å². The Bertz CT molecular complexity index is 1290. The average Bonchev–Trinajstić information content (AvgIpc) is 3.20. The number of benzene rings is 1. The number of hydrogen-bond donors (Lipinski definition) is 3. The molecule has 3 rings (SSSR count). The van der Waals surface area contributed by atoms with Crippen LogP contribution in [0.1, 0.15) is 56.2 Å². The lowest BCUT2D eigenvalue weighted by atomic mass is 9.83. The van der Waals surface area contributed by atoms with Gasteiger partial charge in [0, 0.05) is 17.7 Å². The molecule has 3 N–H and O–H groups in total. The van der Waals surface area contributed by atoms with Crippen LogP contribution in [0.4, 0.5) is 13.2 Å². The summed E-state index contributed by atoms with van der Waals surface area (Å²) in [4.78, 5) is 16.9. The normalized spacial score (nSPS) is 19.3. The van der Waals surface area contributed by atoms with E-state index in [2.05, 4.69) is 15.0 Å². The minimum atomic E-state index is -4.85. The van der Waals surface area contributed by atoms with Crippen molar-refractivity contribution in [3.63, 3.8) is 0 Å². The highest BCUT2D eigenvalue weighted by molar-refractivity contribution is 7.84. The maximum absolute atomic E-state index is 14.6. The van der Waals surface area contributed by atoms with Crippen molar-refractivity contribution in [1.29, 1.82) is 0 Å². The number of alkyl halides is 3. The van der Waals surface area contributed by atoms with Crippen LogP contribution in [-0.4, -0.2) is 64.6 Å². The van der Waals surface area contributed by atoms with E-state index in [1.807, 2.05) is 0 Å². The Kier molecular flexibility index (Phi) is 9.34. The van der Waals surface area contributed by atoms with Gasteiger partial charge in [0.2, 0.25) is 0 Å². The summed E-state index contributed by atoms with van der Waals surface area (Å²) in [5.41, 5.74) is -3.88. The summed E-state index contributed by atoms with van der Waals surface area (Å²) in [7, 11) is -0.224. The Balaban J connectivity index is 1.94. The number of halogens is 4. The molecule has 1 aromatic carbocycles. The molecule has 0 bridgehead atoms. The van der Waals surface area contributed by atoms with Crippen LogP contribution >= 0.6 is 11.6 Å². The fraction of sp³-hybridized carbons (Fsp3) is 0.538. The maximum Gasteiger partial charge on any atom is 0.401 e. The minimum absolute atomic E-state index is 0.00605. The zero-order chi connectivity index (χ0) is 30.1. The summed E-state index contributed by atoms with van der Waals surface area (Å²) in [6.45, 7) is 6.73. The molecular formula is C26H33ClF3N3O6S. The molecule has 0 aliphatic carbocycles. The average molecular weight is 608 g/mol. The quantitative estimate of drug-likeness (QED) is 0.349. The minimum Gasteiger partial charge on any atom is -0.493 e. The van der Waals surface area contributed by atoms with E-state index in [9.17, 15) is 22.2 Å². The highest BCUT2D eigenvalue weighted by Gasteiger charge is 2.55. The summed E-state index contributed by atoms with van der Waals surface area (Å²) in [5.74, 6) is -0.247. The van der Waals surface area contributed by atoms with Crippen molar-refractivity contribution in [2.75, 3.05) is 33.5 Å². The Morgan fingerprint density at radius 2 is 1.90 bits per heavy atom. The topological polar surface area (TPSA) is 119 Å². The molecule has 0 saturated heterocycles. The lowest BCUT2D eigenvalue weighted by Gasteiger charge is -2.33. The first kappa shape index (κ1) is 31.9. The highest BCUT2D eigenvalue weighted by Crippen LogP contribution is 2.46. The molecule has 1 aliphatic rings. The lowest BCUT2D eigenvalue weighted by Crippen LogP contribution is -2.50. The zero-order valence-electron chi connectivity index (χ0n) is 23.0. The Labute approximate surface area is 238 Å². The first-order valence-corrected chi connectivity index (χ1v) is 13.8. The number of amides is 1. The van der Waals surface area contributed by atoms with Crippen LogP contribution in [0.5, 0.6) is 17.2 Å². The van der Waals surface area contributed by atoms with Gasteiger partial charge in [-0.3, -0.25) is 4.79 Å². The van der Waals surface area contributed by atoms with Crippen molar-refractivity contribution in [3.8, 4) is 17.2 Å². The van der Waals surface area contributed by atoms with Crippen LogP contribution in [0, 0.1) is 0 Å². The van der Waals surface area contributed by atoms with E-state index in [-0.39, 0.29) is 53.3 Å². The third-order valence-electron chi connectivity index (χ3n) is 6.47. The number of nitrogens with one attached hydrogen (secondary N) is 2. The number of methoxy groups -OCH3 is 1. The van der Waals surface area contributed by atoms with Crippen molar-refractivity contribution < 1.29 is 41.5 Å². The van der Waals surface area contributed by atoms with E-state index >= 15 is 0 Å². The van der Waals surface area contributed by atoms with Crippen molar-refractivity contribution in [2.45, 2.75) is 56.5 Å². The molecule has 2 heterocycles. The molecule has 1 amide bonds. The first-order valence-electron chi connectivity index (χ1n) is 12.3. The fourth-order valence-electron chi connectivity index (χ4n) is 3.85. The van der Waals surface area contributed by atoms with E-state index in [1.165, 1.54) is 31.4 Å². The Morgan fingerprint density at radius 3 is 2.48 bits per heavy atom. The SMILES string of the molecule is COc1cc(C(=O)NCC(C)(c2cc3c(c(Cl)n2)OCC3(C)NS(=O)C(C)(C)C)C(F)(F)F)ccc1OCCO. The second kappa shape index (κ2) is 11.7. The van der Waals surface area contributed by atoms with Gasteiger partial charge in [-0.15, -0.1) is 0 Å². The summed E-state index contributed by atoms with van der Waals surface area (Å²) in [6, 6.07) is 5.34. The van der Waals surface area contributed by atoms with Crippen molar-refractivity contribution in [3.05, 3.63) is 46.2 Å². The Hall–Kier alpha value is -2.61. The van der Waals surface area contributed by atoms with Crippen LogP contribution in [-0.2, 0) is 21.9 Å². The number of aromatic nitrogens is 1.